The first kappa shape index (κ1) is 18.2. The Morgan fingerprint density at radius 3 is 2.65 bits per heavy atom. The second kappa shape index (κ2) is 6.62. The van der Waals surface area contributed by atoms with Crippen molar-refractivity contribution in [2.75, 3.05) is 0 Å². The van der Waals surface area contributed by atoms with Crippen LogP contribution in [0.15, 0.2) is 39.5 Å². The van der Waals surface area contributed by atoms with Crippen molar-refractivity contribution in [1.29, 1.82) is 0 Å². The smallest absolute Gasteiger partial charge is 0.405 e. The lowest BCUT2D eigenvalue weighted by atomic mass is 9.82. The van der Waals surface area contributed by atoms with Gasteiger partial charge >= 0.3 is 11.7 Å². The molecule has 1 amide bonds. The molecule has 8 nitrogen and oxygen atoms in total. The summed E-state index contributed by atoms with van der Waals surface area (Å²) in [6.45, 7) is 5.39. The topological polar surface area (TPSA) is 121 Å². The molecular weight excluding hydrogens is 342 g/mol. The minimum Gasteiger partial charge on any atom is -0.461 e. The first-order valence-electron chi connectivity index (χ1n) is 8.20. The van der Waals surface area contributed by atoms with Gasteiger partial charge < -0.3 is 29.5 Å². The molecule has 0 aliphatic carbocycles. The highest BCUT2D eigenvalue weighted by Crippen LogP contribution is 2.36. The monoisotopic (exact) mass is 363 g/mol. The summed E-state index contributed by atoms with van der Waals surface area (Å²) in [5, 5.41) is 11.2. The van der Waals surface area contributed by atoms with Gasteiger partial charge in [0.1, 0.15) is 17.4 Å². The van der Waals surface area contributed by atoms with Gasteiger partial charge in [-0.1, -0.05) is 6.92 Å². The summed E-state index contributed by atoms with van der Waals surface area (Å²) in [6.07, 6.45) is -4.26. The molecule has 3 rings (SSSR count). The van der Waals surface area contributed by atoms with Crippen molar-refractivity contribution in [3.63, 3.8) is 0 Å². The summed E-state index contributed by atoms with van der Waals surface area (Å²) in [5.41, 5.74) is 4.24. The van der Waals surface area contributed by atoms with E-state index in [1.54, 1.807) is 39.0 Å². The molecule has 1 saturated heterocycles. The second-order valence-electron chi connectivity index (χ2n) is 6.84. The molecule has 0 radical (unpaired) electrons. The quantitative estimate of drug-likeness (QED) is 0.797. The summed E-state index contributed by atoms with van der Waals surface area (Å²) < 4.78 is 21.9. The number of carbonyl (C=O) groups excluding carboxylic acids is 1. The highest BCUT2D eigenvalue weighted by atomic mass is 16.7. The molecule has 1 aliphatic rings. The maximum Gasteiger partial charge on any atom is 0.405 e. The number of ether oxygens (including phenoxy) is 3. The van der Waals surface area contributed by atoms with Crippen molar-refractivity contribution in [3.05, 3.63) is 40.8 Å². The number of amides is 1. The molecule has 4 atom stereocenters. The van der Waals surface area contributed by atoms with Crippen LogP contribution in [-0.2, 0) is 9.47 Å². The van der Waals surface area contributed by atoms with Crippen LogP contribution < -0.4 is 16.1 Å². The van der Waals surface area contributed by atoms with Crippen molar-refractivity contribution in [2.24, 2.45) is 11.7 Å². The Bertz CT molecular complexity index is 875. The first-order valence-corrected chi connectivity index (χ1v) is 8.20. The van der Waals surface area contributed by atoms with Crippen LogP contribution in [0.4, 0.5) is 4.79 Å². The molecule has 0 bridgehead atoms. The fourth-order valence-electron chi connectivity index (χ4n) is 2.93. The molecule has 1 aromatic heterocycles. The van der Waals surface area contributed by atoms with Crippen LogP contribution in [0.2, 0.25) is 0 Å². The minimum atomic E-state index is -1.10. The largest absolute Gasteiger partial charge is 0.461 e. The number of hydrogen-bond acceptors (Lipinski definition) is 7. The molecule has 26 heavy (non-hydrogen) atoms. The molecule has 1 unspecified atom stereocenters. The Balaban J connectivity index is 1.91. The van der Waals surface area contributed by atoms with Crippen molar-refractivity contribution in [2.45, 2.75) is 44.9 Å². The highest BCUT2D eigenvalue weighted by molar-refractivity contribution is 5.77. The third-order valence-electron chi connectivity index (χ3n) is 4.73. The molecule has 2 heterocycles. The van der Waals surface area contributed by atoms with E-state index in [2.05, 4.69) is 0 Å². The fourth-order valence-corrected chi connectivity index (χ4v) is 2.93. The van der Waals surface area contributed by atoms with Crippen LogP contribution >= 0.6 is 0 Å². The Morgan fingerprint density at radius 2 is 1.96 bits per heavy atom. The van der Waals surface area contributed by atoms with E-state index >= 15 is 0 Å². The zero-order valence-corrected chi connectivity index (χ0v) is 14.7. The van der Waals surface area contributed by atoms with Gasteiger partial charge in [0, 0.05) is 23.4 Å². The van der Waals surface area contributed by atoms with E-state index in [0.717, 1.165) is 5.39 Å². The third-order valence-corrected chi connectivity index (χ3v) is 4.73. The van der Waals surface area contributed by atoms with Gasteiger partial charge in [0.2, 0.25) is 6.29 Å². The van der Waals surface area contributed by atoms with Crippen LogP contribution in [0.3, 0.4) is 0 Å². The van der Waals surface area contributed by atoms with E-state index in [1.807, 2.05) is 0 Å². The fraction of sp³-hybridized carbons (Fsp3) is 0.444. The molecule has 3 N–H and O–H groups in total. The maximum absolute atomic E-state index is 11.4. The number of carbonyl (C=O) groups is 1. The molecule has 1 aromatic carbocycles. The summed E-state index contributed by atoms with van der Waals surface area (Å²) >= 11 is 0. The number of aliphatic hydroxyl groups excluding tert-OH is 1. The number of rotatable bonds is 3. The van der Waals surface area contributed by atoms with Crippen LogP contribution in [0.5, 0.6) is 5.75 Å². The van der Waals surface area contributed by atoms with Crippen LogP contribution in [0.25, 0.3) is 11.0 Å². The van der Waals surface area contributed by atoms with Gasteiger partial charge in [0.05, 0.1) is 5.60 Å². The van der Waals surface area contributed by atoms with E-state index in [1.165, 1.54) is 12.1 Å². The van der Waals surface area contributed by atoms with Crippen LogP contribution in [0.1, 0.15) is 20.8 Å². The highest BCUT2D eigenvalue weighted by Gasteiger charge is 2.50. The van der Waals surface area contributed by atoms with Crippen LogP contribution in [0, 0.1) is 5.92 Å². The molecule has 1 aliphatic heterocycles. The Kier molecular flexibility index (Phi) is 4.64. The van der Waals surface area contributed by atoms with Gasteiger partial charge in [0.15, 0.2) is 6.10 Å². The summed E-state index contributed by atoms with van der Waals surface area (Å²) in [4.78, 5) is 22.6. The van der Waals surface area contributed by atoms with Gasteiger partial charge in [-0.05, 0) is 32.0 Å². The van der Waals surface area contributed by atoms with Crippen molar-refractivity contribution in [1.82, 2.24) is 0 Å². The van der Waals surface area contributed by atoms with Crippen molar-refractivity contribution >= 4 is 17.1 Å². The average Bonchev–Trinajstić information content (AvgIpc) is 2.56. The van der Waals surface area contributed by atoms with Crippen molar-refractivity contribution in [3.8, 4) is 5.75 Å². The zero-order chi connectivity index (χ0) is 19.1. The van der Waals surface area contributed by atoms with Crippen molar-refractivity contribution < 1.29 is 28.5 Å². The molecule has 140 valence electrons. The predicted octanol–water partition coefficient (Wildman–Crippen LogP) is 1.77. The lowest BCUT2D eigenvalue weighted by molar-refractivity contribution is -0.283. The Hall–Kier alpha value is -2.58. The molecule has 0 spiro atoms. The molecule has 8 heteroatoms. The van der Waals surface area contributed by atoms with Gasteiger partial charge in [-0.15, -0.1) is 0 Å². The van der Waals surface area contributed by atoms with Crippen LogP contribution in [-0.4, -0.2) is 35.3 Å². The SMILES string of the molecule is C[C@@H]1[C@@H](O)[C@H](OC(N)=O)C(Oc2ccc3ccc(=O)oc3c2)OC1(C)C. The number of primary amides is 1. The molecular formula is C18H21NO7. The van der Waals surface area contributed by atoms with Gasteiger partial charge in [-0.3, -0.25) is 0 Å². The number of nitrogens with two attached hydrogens (primary N) is 1. The number of benzene rings is 1. The van der Waals surface area contributed by atoms with E-state index in [0.29, 0.717) is 11.3 Å². The Labute approximate surface area is 149 Å². The third kappa shape index (κ3) is 3.51. The molecule has 1 fully saturated rings. The normalized spacial score (nSPS) is 27.8. The maximum atomic E-state index is 11.4. The van der Waals surface area contributed by atoms with Gasteiger partial charge in [0.25, 0.3) is 0 Å². The van der Waals surface area contributed by atoms with E-state index in [-0.39, 0.29) is 5.92 Å². The number of hydrogen-bond donors (Lipinski definition) is 2. The molecule has 2 aromatic rings. The summed E-state index contributed by atoms with van der Waals surface area (Å²) in [6, 6.07) is 7.85. The number of aliphatic hydroxyl groups is 1. The summed E-state index contributed by atoms with van der Waals surface area (Å²) in [5.74, 6) is -0.00574. The average molecular weight is 363 g/mol. The lowest BCUT2D eigenvalue weighted by Crippen LogP contribution is -2.61. The minimum absolute atomic E-state index is 0.326. The lowest BCUT2D eigenvalue weighted by Gasteiger charge is -2.46. The number of fused-ring (bicyclic) bond motifs is 1. The van der Waals surface area contributed by atoms with Gasteiger partial charge in [-0.25, -0.2) is 9.59 Å². The Morgan fingerprint density at radius 1 is 1.27 bits per heavy atom. The van der Waals surface area contributed by atoms with E-state index in [4.69, 9.17) is 24.4 Å². The standard InChI is InChI=1S/C18H21NO7/c1-9-14(21)15(25-17(19)22)16(26-18(9,2)3)23-11-6-4-10-5-7-13(20)24-12(10)8-11/h4-9,14-16,21H,1-3H3,(H2,19,22)/t9-,14-,15+,16?/m1/s1. The second-order valence-corrected chi connectivity index (χ2v) is 6.84. The van der Waals surface area contributed by atoms with E-state index < -0.39 is 35.8 Å². The molecule has 0 saturated carbocycles. The first-order chi connectivity index (χ1) is 12.2. The zero-order valence-electron chi connectivity index (χ0n) is 14.7. The predicted molar refractivity (Wildman–Crippen MR) is 91.7 cm³/mol. The van der Waals surface area contributed by atoms with Gasteiger partial charge in [-0.2, -0.15) is 0 Å². The van der Waals surface area contributed by atoms with E-state index in [9.17, 15) is 14.7 Å². The summed E-state index contributed by atoms with van der Waals surface area (Å²) in [7, 11) is 0.